The Balaban J connectivity index is 1.31. The zero-order chi connectivity index (χ0) is 21.8. The molecule has 1 unspecified atom stereocenters. The Hall–Kier alpha value is -3.35. The van der Waals surface area contributed by atoms with Crippen molar-refractivity contribution in [1.29, 1.82) is 0 Å². The summed E-state index contributed by atoms with van der Waals surface area (Å²) in [4.78, 5) is 14.8. The van der Waals surface area contributed by atoms with E-state index in [2.05, 4.69) is 20.4 Å². The molecule has 162 valence electrons. The number of aromatic nitrogens is 2. The molecule has 1 saturated heterocycles. The topological polar surface area (TPSA) is 80.5 Å². The van der Waals surface area contributed by atoms with E-state index in [-0.39, 0.29) is 17.9 Å². The van der Waals surface area contributed by atoms with Gasteiger partial charge in [-0.2, -0.15) is 0 Å². The summed E-state index contributed by atoms with van der Waals surface area (Å²) < 4.78 is 11.1. The first-order valence-electron chi connectivity index (χ1n) is 10.6. The molecular formula is C24H28N4O3. The summed E-state index contributed by atoms with van der Waals surface area (Å²) in [7, 11) is 1.64. The Morgan fingerprint density at radius 2 is 1.77 bits per heavy atom. The number of carbonyl (C=O) groups excluding carboxylic acids is 1. The predicted octanol–water partition coefficient (Wildman–Crippen LogP) is 4.15. The van der Waals surface area contributed by atoms with Crippen molar-refractivity contribution in [3.8, 4) is 17.2 Å². The van der Waals surface area contributed by atoms with E-state index in [4.69, 9.17) is 9.15 Å². The van der Waals surface area contributed by atoms with Gasteiger partial charge in [-0.3, -0.25) is 4.79 Å². The van der Waals surface area contributed by atoms with Gasteiger partial charge in [0.1, 0.15) is 5.75 Å². The molecule has 4 rings (SSSR count). The van der Waals surface area contributed by atoms with Crippen molar-refractivity contribution in [2.75, 3.05) is 25.1 Å². The highest BCUT2D eigenvalue weighted by Gasteiger charge is 2.28. The average molecular weight is 421 g/mol. The monoisotopic (exact) mass is 420 g/mol. The number of nitrogens with zero attached hydrogens (tertiary/aromatic N) is 3. The molecule has 1 atom stereocenters. The first-order valence-corrected chi connectivity index (χ1v) is 10.6. The number of nitrogens with one attached hydrogen (secondary N) is 1. The van der Waals surface area contributed by atoms with Crippen LogP contribution >= 0.6 is 0 Å². The highest BCUT2D eigenvalue weighted by Crippen LogP contribution is 2.27. The van der Waals surface area contributed by atoms with Gasteiger partial charge in [-0.25, -0.2) is 0 Å². The number of carbonyl (C=O) groups is 1. The van der Waals surface area contributed by atoms with Crippen molar-refractivity contribution in [2.24, 2.45) is 5.92 Å². The Kier molecular flexibility index (Phi) is 6.21. The summed E-state index contributed by atoms with van der Waals surface area (Å²) >= 11 is 0. The summed E-state index contributed by atoms with van der Waals surface area (Å²) in [6.07, 6.45) is 1.51. The molecule has 31 heavy (non-hydrogen) atoms. The van der Waals surface area contributed by atoms with E-state index >= 15 is 0 Å². The summed E-state index contributed by atoms with van der Waals surface area (Å²) in [5.41, 5.74) is 3.15. The number of hydrogen-bond acceptors (Lipinski definition) is 6. The Bertz CT molecular complexity index is 1010. The van der Waals surface area contributed by atoms with Crippen molar-refractivity contribution in [2.45, 2.75) is 32.7 Å². The molecule has 1 aromatic heterocycles. The smallest absolute Gasteiger partial charge is 0.318 e. The quantitative estimate of drug-likeness (QED) is 0.645. The molecule has 3 aromatic rings. The second kappa shape index (κ2) is 9.20. The van der Waals surface area contributed by atoms with E-state index in [0.29, 0.717) is 25.0 Å². The van der Waals surface area contributed by atoms with Crippen LogP contribution in [-0.4, -0.2) is 36.3 Å². The lowest BCUT2D eigenvalue weighted by atomic mass is 9.95. The van der Waals surface area contributed by atoms with Gasteiger partial charge >= 0.3 is 6.01 Å². The molecule has 1 N–H and O–H groups in total. The number of benzene rings is 2. The van der Waals surface area contributed by atoms with Gasteiger partial charge in [0.25, 0.3) is 0 Å². The van der Waals surface area contributed by atoms with E-state index in [1.165, 1.54) is 5.56 Å². The van der Waals surface area contributed by atoms with Crippen LogP contribution in [0.2, 0.25) is 0 Å². The third kappa shape index (κ3) is 4.87. The third-order valence-corrected chi connectivity index (χ3v) is 5.82. The summed E-state index contributed by atoms with van der Waals surface area (Å²) in [6.45, 7) is 5.47. The van der Waals surface area contributed by atoms with Crippen LogP contribution in [0.25, 0.3) is 11.5 Å². The number of anilines is 1. The molecule has 0 aliphatic carbocycles. The van der Waals surface area contributed by atoms with Crippen molar-refractivity contribution in [3.05, 3.63) is 59.7 Å². The lowest BCUT2D eigenvalue weighted by molar-refractivity contribution is -0.126. The summed E-state index contributed by atoms with van der Waals surface area (Å²) in [5, 5.41) is 11.5. The molecule has 7 heteroatoms. The number of rotatable bonds is 6. The number of hydrogen-bond donors (Lipinski definition) is 1. The van der Waals surface area contributed by atoms with Crippen LogP contribution in [0.4, 0.5) is 6.01 Å². The van der Waals surface area contributed by atoms with Crippen LogP contribution in [0.1, 0.15) is 36.9 Å². The number of aryl methyl sites for hydroxylation is 1. The first-order chi connectivity index (χ1) is 15.0. The molecule has 0 bridgehead atoms. The lowest BCUT2D eigenvalue weighted by Gasteiger charge is -2.30. The summed E-state index contributed by atoms with van der Waals surface area (Å²) in [6, 6.07) is 16.2. The van der Waals surface area contributed by atoms with Gasteiger partial charge in [-0.15, -0.1) is 5.10 Å². The second-order valence-electron chi connectivity index (χ2n) is 8.02. The minimum absolute atomic E-state index is 0.0172. The number of methoxy groups -OCH3 is 1. The zero-order valence-electron chi connectivity index (χ0n) is 18.2. The molecule has 1 aliphatic rings. The van der Waals surface area contributed by atoms with Gasteiger partial charge in [0.05, 0.1) is 13.2 Å². The van der Waals surface area contributed by atoms with E-state index in [0.717, 1.165) is 29.7 Å². The van der Waals surface area contributed by atoms with Gasteiger partial charge in [0, 0.05) is 24.6 Å². The number of amides is 1. The Morgan fingerprint density at radius 1 is 1.10 bits per heavy atom. The van der Waals surface area contributed by atoms with Gasteiger partial charge in [0.15, 0.2) is 0 Å². The molecule has 1 fully saturated rings. The molecule has 0 spiro atoms. The van der Waals surface area contributed by atoms with Gasteiger partial charge in [-0.1, -0.05) is 34.9 Å². The average Bonchev–Trinajstić information content (AvgIpc) is 3.30. The van der Waals surface area contributed by atoms with Crippen molar-refractivity contribution >= 4 is 11.9 Å². The molecule has 1 aliphatic heterocycles. The standard InChI is InChI=1S/C24H28N4O3/c1-16-4-6-20(7-5-16)23-26-27-24(31-23)28-14-12-19(13-15-28)22(29)25-17(2)18-8-10-21(30-3)11-9-18/h4-11,17,19H,12-15H2,1-3H3,(H,25,29). The van der Waals surface area contributed by atoms with Gasteiger partial charge < -0.3 is 19.4 Å². The van der Waals surface area contributed by atoms with Crippen LogP contribution < -0.4 is 15.0 Å². The van der Waals surface area contributed by atoms with Crippen molar-refractivity contribution in [1.82, 2.24) is 15.5 Å². The van der Waals surface area contributed by atoms with E-state index in [9.17, 15) is 4.79 Å². The first kappa shape index (κ1) is 20.9. The predicted molar refractivity (Wildman–Crippen MR) is 119 cm³/mol. The molecular weight excluding hydrogens is 392 g/mol. The minimum Gasteiger partial charge on any atom is -0.497 e. The number of ether oxygens (including phenoxy) is 1. The Labute approximate surface area is 182 Å². The molecule has 1 amide bonds. The van der Waals surface area contributed by atoms with Gasteiger partial charge in [-0.05, 0) is 56.5 Å². The maximum atomic E-state index is 12.8. The second-order valence-corrected chi connectivity index (χ2v) is 8.02. The fourth-order valence-electron chi connectivity index (χ4n) is 3.80. The van der Waals surface area contributed by atoms with Crippen LogP contribution in [0, 0.1) is 12.8 Å². The maximum Gasteiger partial charge on any atom is 0.318 e. The van der Waals surface area contributed by atoms with E-state index in [1.807, 2.05) is 62.4 Å². The fraction of sp³-hybridized carbons (Fsp3) is 0.375. The lowest BCUT2D eigenvalue weighted by Crippen LogP contribution is -2.41. The number of piperidine rings is 1. The molecule has 2 aromatic carbocycles. The zero-order valence-corrected chi connectivity index (χ0v) is 18.2. The molecule has 0 saturated carbocycles. The van der Waals surface area contributed by atoms with E-state index < -0.39 is 0 Å². The molecule has 0 radical (unpaired) electrons. The normalized spacial score (nSPS) is 15.5. The highest BCUT2D eigenvalue weighted by molar-refractivity contribution is 5.79. The molecule has 7 nitrogen and oxygen atoms in total. The van der Waals surface area contributed by atoms with Crippen molar-refractivity contribution < 1.29 is 13.9 Å². The largest absolute Gasteiger partial charge is 0.497 e. The van der Waals surface area contributed by atoms with E-state index in [1.54, 1.807) is 7.11 Å². The minimum atomic E-state index is -0.0514. The van der Waals surface area contributed by atoms with Crippen LogP contribution in [0.5, 0.6) is 5.75 Å². The van der Waals surface area contributed by atoms with Crippen LogP contribution in [0.15, 0.2) is 52.9 Å². The highest BCUT2D eigenvalue weighted by atomic mass is 16.5. The van der Waals surface area contributed by atoms with Crippen LogP contribution in [-0.2, 0) is 4.79 Å². The summed E-state index contributed by atoms with van der Waals surface area (Å²) in [5.74, 6) is 1.40. The fourth-order valence-corrected chi connectivity index (χ4v) is 3.80. The van der Waals surface area contributed by atoms with Crippen LogP contribution in [0.3, 0.4) is 0 Å². The SMILES string of the molecule is COc1ccc(C(C)NC(=O)C2CCN(c3nnc(-c4ccc(C)cc4)o3)CC2)cc1. The third-order valence-electron chi connectivity index (χ3n) is 5.82. The Morgan fingerprint density at radius 3 is 2.42 bits per heavy atom. The van der Waals surface area contributed by atoms with Crippen molar-refractivity contribution in [3.63, 3.8) is 0 Å². The van der Waals surface area contributed by atoms with Gasteiger partial charge in [0.2, 0.25) is 11.8 Å². The maximum absolute atomic E-state index is 12.8. The molecule has 2 heterocycles.